The van der Waals surface area contributed by atoms with Gasteiger partial charge < -0.3 is 9.47 Å². The first-order valence-electron chi connectivity index (χ1n) is 30.1. The third-order valence-corrected chi connectivity index (χ3v) is 19.8. The van der Waals surface area contributed by atoms with Crippen LogP contribution in [0.1, 0.15) is 44.5 Å². The zero-order valence-electron chi connectivity index (χ0n) is 46.9. The second-order valence-corrected chi connectivity index (χ2v) is 23.8. The summed E-state index contributed by atoms with van der Waals surface area (Å²) < 4.78 is 2.53. The van der Waals surface area contributed by atoms with Crippen molar-refractivity contribution < 1.29 is 0 Å². The molecule has 0 saturated heterocycles. The summed E-state index contributed by atoms with van der Waals surface area (Å²) in [6, 6.07) is 119. The largest absolute Gasteiger partial charge is 0.310 e. The summed E-state index contributed by atoms with van der Waals surface area (Å²) >= 11 is 0. The minimum Gasteiger partial charge on any atom is -0.310 e. The van der Waals surface area contributed by atoms with Gasteiger partial charge in [-0.15, -0.1) is 0 Å². The maximum absolute atomic E-state index is 2.53. The van der Waals surface area contributed by atoms with Gasteiger partial charge in [-0.1, -0.05) is 255 Å². The first kappa shape index (κ1) is 47.4. The Hall–Kier alpha value is -11.1. The number of anilines is 3. The molecule has 0 amide bonds. The van der Waals surface area contributed by atoms with E-state index in [-0.39, 0.29) is 0 Å². The Labute approximate surface area is 499 Å². The van der Waals surface area contributed by atoms with Gasteiger partial charge in [0.25, 0.3) is 0 Å². The molecule has 86 heavy (non-hydrogen) atoms. The van der Waals surface area contributed by atoms with Gasteiger partial charge in [0, 0.05) is 27.8 Å². The number of fused-ring (bicyclic) bond motifs is 23. The van der Waals surface area contributed by atoms with Gasteiger partial charge in [-0.2, -0.15) is 0 Å². The van der Waals surface area contributed by atoms with Crippen LogP contribution in [0.2, 0.25) is 0 Å². The van der Waals surface area contributed by atoms with Crippen molar-refractivity contribution in [1.29, 1.82) is 0 Å². The fourth-order valence-corrected chi connectivity index (χ4v) is 16.3. The van der Waals surface area contributed by atoms with Crippen molar-refractivity contribution in [3.8, 4) is 72.4 Å². The van der Waals surface area contributed by atoms with Crippen molar-refractivity contribution in [2.75, 3.05) is 4.90 Å². The number of hydrogen-bond donors (Lipinski definition) is 0. The molecule has 1 aromatic heterocycles. The second-order valence-electron chi connectivity index (χ2n) is 23.8. The fourth-order valence-electron chi connectivity index (χ4n) is 16.3. The van der Waals surface area contributed by atoms with Crippen molar-refractivity contribution in [1.82, 2.24) is 4.57 Å². The second kappa shape index (κ2) is 17.7. The molecule has 1 unspecified atom stereocenters. The van der Waals surface area contributed by atoms with Crippen LogP contribution in [0.25, 0.3) is 105 Å². The highest BCUT2D eigenvalue weighted by atomic mass is 15.1. The molecule has 0 bridgehead atoms. The van der Waals surface area contributed by atoms with E-state index < -0.39 is 10.8 Å². The van der Waals surface area contributed by atoms with E-state index in [0.717, 1.165) is 17.1 Å². The van der Waals surface area contributed by atoms with Crippen LogP contribution < -0.4 is 4.90 Å². The predicted octanol–water partition coefficient (Wildman–Crippen LogP) is 21.4. The lowest BCUT2D eigenvalue weighted by Crippen LogP contribution is -2.33. The van der Waals surface area contributed by atoms with Crippen molar-refractivity contribution in [2.24, 2.45) is 0 Å². The number of aromatic nitrogens is 1. The molecular formula is C84H52N2. The van der Waals surface area contributed by atoms with Gasteiger partial charge in [0.1, 0.15) is 0 Å². The first-order valence-corrected chi connectivity index (χ1v) is 30.1. The molecule has 19 rings (SSSR count). The minimum absolute atomic E-state index is 0.468. The quantitative estimate of drug-likeness (QED) is 0.161. The summed E-state index contributed by atoms with van der Waals surface area (Å²) in [5, 5.41) is 4.95. The Morgan fingerprint density at radius 2 is 0.640 bits per heavy atom. The van der Waals surface area contributed by atoms with Crippen LogP contribution in [0, 0.1) is 0 Å². The highest BCUT2D eigenvalue weighted by Crippen LogP contribution is 2.64. The van der Waals surface area contributed by atoms with Crippen molar-refractivity contribution in [3.63, 3.8) is 0 Å². The van der Waals surface area contributed by atoms with Crippen LogP contribution >= 0.6 is 0 Å². The van der Waals surface area contributed by atoms with Crippen molar-refractivity contribution in [2.45, 2.75) is 10.8 Å². The number of hydrogen-bond acceptors (Lipinski definition) is 1. The molecule has 1 atom stereocenters. The topological polar surface area (TPSA) is 8.17 Å². The van der Waals surface area contributed by atoms with Gasteiger partial charge in [-0.25, -0.2) is 0 Å². The van der Waals surface area contributed by atoms with Gasteiger partial charge in [-0.3, -0.25) is 0 Å². The summed E-state index contributed by atoms with van der Waals surface area (Å²) in [6.07, 6.45) is 0. The highest BCUT2D eigenvalue weighted by molar-refractivity contribution is 6.13. The van der Waals surface area contributed by atoms with Crippen molar-refractivity contribution in [3.05, 3.63) is 360 Å². The van der Waals surface area contributed by atoms with Crippen LogP contribution in [0.3, 0.4) is 0 Å². The van der Waals surface area contributed by atoms with E-state index in [0.29, 0.717) is 0 Å². The predicted molar refractivity (Wildman–Crippen MR) is 356 cm³/mol. The Kier molecular flexibility index (Phi) is 9.78. The molecule has 0 fully saturated rings. The van der Waals surface area contributed by atoms with Crippen molar-refractivity contribution >= 4 is 49.6 Å². The van der Waals surface area contributed by atoms with Crippen LogP contribution in [-0.2, 0) is 10.8 Å². The van der Waals surface area contributed by atoms with Gasteiger partial charge in [0.05, 0.1) is 27.6 Å². The molecule has 0 saturated carbocycles. The molecular weight excluding hydrogens is 1040 g/mol. The smallest absolute Gasteiger partial charge is 0.0754 e. The summed E-state index contributed by atoms with van der Waals surface area (Å²) in [7, 11) is 0. The first-order chi connectivity index (χ1) is 42.6. The molecule has 2 heteroatoms. The van der Waals surface area contributed by atoms with Crippen LogP contribution in [0.15, 0.2) is 315 Å². The Morgan fingerprint density at radius 1 is 0.233 bits per heavy atom. The fraction of sp³-hybridized carbons (Fsp3) is 0.0238. The van der Waals surface area contributed by atoms with E-state index in [2.05, 4.69) is 325 Å². The average Bonchev–Trinajstić information content (AvgIpc) is 1.51. The Balaban J connectivity index is 0.758. The average molecular weight is 1090 g/mol. The number of benzene rings is 14. The Morgan fingerprint density at radius 3 is 1.30 bits per heavy atom. The van der Waals surface area contributed by atoms with Crippen LogP contribution in [-0.4, -0.2) is 4.57 Å². The summed E-state index contributed by atoms with van der Waals surface area (Å²) in [5.74, 6) is 0. The van der Waals surface area contributed by atoms with Gasteiger partial charge >= 0.3 is 0 Å². The molecule has 3 aliphatic carbocycles. The number of para-hydroxylation sites is 3. The molecule has 0 N–H and O–H groups in total. The normalized spacial score (nSPS) is 14.9. The molecule has 0 radical (unpaired) electrons. The van der Waals surface area contributed by atoms with Gasteiger partial charge in [0.15, 0.2) is 0 Å². The van der Waals surface area contributed by atoms with Crippen LogP contribution in [0.5, 0.6) is 0 Å². The lowest BCUT2D eigenvalue weighted by atomic mass is 9.65. The van der Waals surface area contributed by atoms with E-state index in [1.807, 2.05) is 0 Å². The lowest BCUT2D eigenvalue weighted by molar-refractivity contribution is 0.749. The van der Waals surface area contributed by atoms with E-state index in [1.165, 1.54) is 150 Å². The molecule has 2 spiro atoms. The lowest BCUT2D eigenvalue weighted by Gasteiger charge is -2.39. The van der Waals surface area contributed by atoms with E-state index >= 15 is 0 Å². The van der Waals surface area contributed by atoms with E-state index in [9.17, 15) is 0 Å². The molecule has 14 aromatic carbocycles. The molecule has 4 aliphatic rings. The minimum atomic E-state index is -0.520. The standard InChI is InChI=1S/C84H52N2/c1-2-17-53(18-3-1)54-33-35-55(36-34-54)56-39-43-61(44-40-56)85(63-46-48-69-67-22-6-11-27-74(67)83(79(69)52-63)72-25-9-4-19-64(72)65-20-5-10-26-73(65)83)62-45-41-58-49-57(37-38-59(58)50-62)60-42-47-68-66-21-7-12-28-75(66)84(78(68)51-60)76-29-13-15-32-81(76)86-80-31-14-8-23-70(80)71-24-16-30-77(84)82(71)86/h1-52H. The zero-order valence-corrected chi connectivity index (χ0v) is 46.9. The maximum Gasteiger partial charge on any atom is 0.0754 e. The third kappa shape index (κ3) is 6.29. The van der Waals surface area contributed by atoms with Gasteiger partial charge in [-0.05, 0) is 183 Å². The summed E-state index contributed by atoms with van der Waals surface area (Å²) in [4.78, 5) is 2.47. The summed E-state index contributed by atoms with van der Waals surface area (Å²) in [5.41, 5.74) is 31.7. The van der Waals surface area contributed by atoms with E-state index in [1.54, 1.807) is 0 Å². The molecule has 1 aliphatic heterocycles. The van der Waals surface area contributed by atoms with E-state index in [4.69, 9.17) is 0 Å². The molecule has 398 valence electrons. The monoisotopic (exact) mass is 1090 g/mol. The van der Waals surface area contributed by atoms with Gasteiger partial charge in [0.2, 0.25) is 0 Å². The third-order valence-electron chi connectivity index (χ3n) is 19.8. The maximum atomic E-state index is 2.53. The summed E-state index contributed by atoms with van der Waals surface area (Å²) in [6.45, 7) is 0. The SMILES string of the molecule is c1ccc(-c2ccc(-c3ccc(N(c4ccc5c(c4)C4(c6ccccc6-c6ccccc64)c4ccccc4-5)c4ccc5cc(-c6ccc7c(c6)C6(c8ccccc8-7)c7ccccc7-n7c8ccccc8c8cccc6c87)ccc5c4)cc3)cc2)cc1. The number of rotatable bonds is 6. The Bertz CT molecular complexity index is 5290. The van der Waals surface area contributed by atoms with Crippen LogP contribution in [0.4, 0.5) is 17.1 Å². The number of nitrogens with zero attached hydrogens (tertiary/aromatic N) is 2. The molecule has 15 aromatic rings. The molecule has 2 heterocycles. The molecule has 2 nitrogen and oxygen atoms in total. The highest BCUT2D eigenvalue weighted by Gasteiger charge is 2.53. The zero-order chi connectivity index (χ0) is 56.2.